The number of likely N-dealkylation sites (tertiary alicyclic amines) is 1. The zero-order valence-corrected chi connectivity index (χ0v) is 28.5. The number of para-hydroxylation sites is 2. The minimum atomic E-state index is -0.798. The van der Waals surface area contributed by atoms with Crippen molar-refractivity contribution in [2.75, 3.05) is 37.7 Å². The lowest BCUT2D eigenvalue weighted by atomic mass is 9.87. The monoisotopic (exact) mass is 683 g/mol. The number of carbonyl (C=O) groups is 3. The van der Waals surface area contributed by atoms with Crippen LogP contribution in [0.15, 0.2) is 90.5 Å². The van der Waals surface area contributed by atoms with Crippen LogP contribution in [0.4, 0.5) is 10.5 Å². The molecule has 2 aliphatic heterocycles. The molecule has 0 radical (unpaired) electrons. The molecule has 264 valence electrons. The van der Waals surface area contributed by atoms with E-state index in [2.05, 4.69) is 11.3 Å². The maximum Gasteiger partial charge on any atom is 0.410 e. The second-order valence-electron chi connectivity index (χ2n) is 12.3. The van der Waals surface area contributed by atoms with Crippen LogP contribution in [-0.2, 0) is 41.8 Å². The SMILES string of the molecule is CCO[C@@H](CCCC(=C=O)C1CCN(C(=O)OCc2ccccc2)CC1)N[C@H]1COc2ccccc2N(CC(=O)OCc2ccccc2)C1=O. The predicted molar refractivity (Wildman–Crippen MR) is 187 cm³/mol. The minimum Gasteiger partial charge on any atom is -0.489 e. The number of carbonyl (C=O) groups excluding carboxylic acids is 4. The third-order valence-electron chi connectivity index (χ3n) is 8.91. The van der Waals surface area contributed by atoms with Crippen LogP contribution >= 0.6 is 0 Å². The highest BCUT2D eigenvalue weighted by Crippen LogP contribution is 2.32. The Morgan fingerprint density at radius 3 is 2.22 bits per heavy atom. The Hall–Kier alpha value is -4.96. The number of hydrogen-bond donors (Lipinski definition) is 1. The number of allylic oxidation sites excluding steroid dienone is 1. The van der Waals surface area contributed by atoms with Crippen LogP contribution in [0.3, 0.4) is 0 Å². The summed E-state index contributed by atoms with van der Waals surface area (Å²) in [6.45, 7) is 3.39. The number of nitrogens with zero attached hydrogens (tertiary/aromatic N) is 2. The summed E-state index contributed by atoms with van der Waals surface area (Å²) in [6.07, 6.45) is 2.15. The van der Waals surface area contributed by atoms with Crippen LogP contribution in [0.2, 0.25) is 0 Å². The number of ether oxygens (including phenoxy) is 4. The van der Waals surface area contributed by atoms with Crippen molar-refractivity contribution >= 4 is 29.6 Å². The number of anilines is 1. The molecule has 2 atom stereocenters. The summed E-state index contributed by atoms with van der Waals surface area (Å²) in [4.78, 5) is 54.5. The zero-order valence-electron chi connectivity index (χ0n) is 28.5. The van der Waals surface area contributed by atoms with Gasteiger partial charge < -0.3 is 23.8 Å². The summed E-state index contributed by atoms with van der Waals surface area (Å²) >= 11 is 0. The number of piperidine rings is 1. The fourth-order valence-electron chi connectivity index (χ4n) is 6.23. The molecule has 0 bridgehead atoms. The highest BCUT2D eigenvalue weighted by atomic mass is 16.6. The number of rotatable bonds is 15. The Kier molecular flexibility index (Phi) is 13.6. The lowest BCUT2D eigenvalue weighted by Crippen LogP contribution is -2.53. The van der Waals surface area contributed by atoms with Gasteiger partial charge in [0.05, 0.1) is 5.69 Å². The van der Waals surface area contributed by atoms with Crippen molar-refractivity contribution in [3.05, 3.63) is 102 Å². The molecule has 0 aliphatic carbocycles. The average Bonchev–Trinajstić information content (AvgIpc) is 3.28. The highest BCUT2D eigenvalue weighted by molar-refractivity contribution is 6.02. The third-order valence-corrected chi connectivity index (χ3v) is 8.91. The van der Waals surface area contributed by atoms with Gasteiger partial charge in [-0.3, -0.25) is 19.8 Å². The Morgan fingerprint density at radius 2 is 1.56 bits per heavy atom. The molecule has 1 fully saturated rings. The molecule has 0 aromatic heterocycles. The maximum atomic E-state index is 13.9. The number of esters is 1. The van der Waals surface area contributed by atoms with E-state index in [0.29, 0.717) is 68.8 Å². The van der Waals surface area contributed by atoms with Crippen molar-refractivity contribution in [2.24, 2.45) is 5.92 Å². The molecule has 1 N–H and O–H groups in total. The maximum absolute atomic E-state index is 13.9. The molecule has 0 saturated carbocycles. The summed E-state index contributed by atoms with van der Waals surface area (Å²) < 4.78 is 23.0. The largest absolute Gasteiger partial charge is 0.489 e. The molecule has 2 amide bonds. The van der Waals surface area contributed by atoms with Crippen LogP contribution < -0.4 is 15.0 Å². The molecular weight excluding hydrogens is 638 g/mol. The fourth-order valence-corrected chi connectivity index (χ4v) is 6.23. The molecule has 2 heterocycles. The van der Waals surface area contributed by atoms with E-state index in [1.54, 1.807) is 23.1 Å². The predicted octanol–water partition coefficient (Wildman–Crippen LogP) is 5.45. The van der Waals surface area contributed by atoms with E-state index < -0.39 is 18.2 Å². The second kappa shape index (κ2) is 18.7. The van der Waals surface area contributed by atoms with Gasteiger partial charge in [0.15, 0.2) is 0 Å². The third kappa shape index (κ3) is 10.3. The molecular formula is C39H45N3O8. The molecule has 1 saturated heterocycles. The van der Waals surface area contributed by atoms with Crippen molar-refractivity contribution in [1.29, 1.82) is 0 Å². The van der Waals surface area contributed by atoms with Crippen molar-refractivity contribution in [1.82, 2.24) is 10.2 Å². The molecule has 50 heavy (non-hydrogen) atoms. The van der Waals surface area contributed by atoms with E-state index in [1.807, 2.05) is 73.7 Å². The van der Waals surface area contributed by atoms with Crippen molar-refractivity contribution in [3.63, 3.8) is 0 Å². The number of benzene rings is 3. The van der Waals surface area contributed by atoms with Gasteiger partial charge in [0.2, 0.25) is 5.91 Å². The van der Waals surface area contributed by atoms with Gasteiger partial charge in [-0.05, 0) is 68.2 Å². The summed E-state index contributed by atoms with van der Waals surface area (Å²) in [7, 11) is 0. The quantitative estimate of drug-likeness (QED) is 0.127. The van der Waals surface area contributed by atoms with Crippen LogP contribution in [0.1, 0.15) is 50.2 Å². The van der Waals surface area contributed by atoms with Gasteiger partial charge in [0, 0.05) is 25.3 Å². The highest BCUT2D eigenvalue weighted by Gasteiger charge is 2.34. The Labute approximate surface area is 293 Å². The smallest absolute Gasteiger partial charge is 0.410 e. The molecule has 2 aliphatic rings. The van der Waals surface area contributed by atoms with Gasteiger partial charge in [-0.25, -0.2) is 9.59 Å². The summed E-state index contributed by atoms with van der Waals surface area (Å²) in [5, 5.41) is 3.30. The topological polar surface area (TPSA) is 124 Å². The Balaban J connectivity index is 1.12. The van der Waals surface area contributed by atoms with Gasteiger partial charge in [-0.1, -0.05) is 72.8 Å². The number of fused-ring (bicyclic) bond motifs is 1. The number of hydrogen-bond acceptors (Lipinski definition) is 9. The van der Waals surface area contributed by atoms with Gasteiger partial charge in [0.1, 0.15) is 50.3 Å². The molecule has 3 aromatic rings. The first kappa shape index (κ1) is 36.3. The van der Waals surface area contributed by atoms with Gasteiger partial charge >= 0.3 is 12.1 Å². The second-order valence-corrected chi connectivity index (χ2v) is 12.3. The molecule has 5 rings (SSSR count). The lowest BCUT2D eigenvalue weighted by Gasteiger charge is -2.31. The summed E-state index contributed by atoms with van der Waals surface area (Å²) in [5.41, 5.74) is 2.97. The normalized spacial score (nSPS) is 16.7. The first-order chi connectivity index (χ1) is 24.4. The van der Waals surface area contributed by atoms with Crippen LogP contribution in [0.25, 0.3) is 0 Å². The van der Waals surface area contributed by atoms with Crippen molar-refractivity contribution < 1.29 is 38.1 Å². The van der Waals surface area contributed by atoms with Gasteiger partial charge in [-0.2, -0.15) is 0 Å². The van der Waals surface area contributed by atoms with E-state index in [4.69, 9.17) is 18.9 Å². The first-order valence-corrected chi connectivity index (χ1v) is 17.2. The standard InChI is InChI=1S/C39H45N3O8/c1-2-47-36(19-11-16-32(25-43)31-20-22-41(23-21-31)39(46)50-27-30-14-7-4-8-15-30)40-33-28-48-35-18-10-9-17-34(35)42(38(33)45)24-37(44)49-26-29-12-5-3-6-13-29/h3-10,12-15,17-18,31,33,36,40H,2,11,16,19-24,26-28H2,1H3/t33-,36-/m0/s1. The first-order valence-electron chi connectivity index (χ1n) is 17.2. The minimum absolute atomic E-state index is 0.0368. The van der Waals surface area contributed by atoms with Crippen molar-refractivity contribution in [3.8, 4) is 5.75 Å². The van der Waals surface area contributed by atoms with Crippen LogP contribution in [0, 0.1) is 5.92 Å². The van der Waals surface area contributed by atoms with E-state index in [-0.39, 0.29) is 44.3 Å². The van der Waals surface area contributed by atoms with Crippen LogP contribution in [0.5, 0.6) is 5.75 Å². The van der Waals surface area contributed by atoms with E-state index >= 15 is 0 Å². The molecule has 3 aromatic carbocycles. The molecule has 11 nitrogen and oxygen atoms in total. The van der Waals surface area contributed by atoms with E-state index in [1.165, 1.54) is 4.90 Å². The molecule has 11 heteroatoms. The van der Waals surface area contributed by atoms with E-state index in [9.17, 15) is 19.2 Å². The Morgan fingerprint density at radius 1 is 0.920 bits per heavy atom. The van der Waals surface area contributed by atoms with Crippen molar-refractivity contribution in [2.45, 2.75) is 64.5 Å². The summed E-state index contributed by atoms with van der Waals surface area (Å²) in [6, 6.07) is 25.2. The zero-order chi connectivity index (χ0) is 35.1. The van der Waals surface area contributed by atoms with Crippen LogP contribution in [-0.4, -0.2) is 73.9 Å². The number of nitrogens with one attached hydrogen (secondary N) is 1. The summed E-state index contributed by atoms with van der Waals surface area (Å²) in [5.74, 6) is 1.82. The van der Waals surface area contributed by atoms with E-state index in [0.717, 1.165) is 11.1 Å². The van der Waals surface area contributed by atoms with Gasteiger partial charge in [-0.15, -0.1) is 0 Å². The van der Waals surface area contributed by atoms with Gasteiger partial charge in [0.25, 0.3) is 0 Å². The lowest BCUT2D eigenvalue weighted by molar-refractivity contribution is -0.144. The molecule has 0 unspecified atom stereocenters. The average molecular weight is 684 g/mol. The molecule has 0 spiro atoms. The fraction of sp³-hybridized carbons (Fsp3) is 0.410. The number of amides is 2. The Bertz CT molecular complexity index is 1600.